The highest BCUT2D eigenvalue weighted by Crippen LogP contribution is 2.18. The Kier molecular flexibility index (Phi) is 3.28. The van der Waals surface area contributed by atoms with Crippen LogP contribution in [-0.4, -0.2) is 35.7 Å². The zero-order valence-corrected chi connectivity index (χ0v) is 10.4. The lowest BCUT2D eigenvalue weighted by molar-refractivity contribution is 0.724. The molecule has 1 fully saturated rings. The summed E-state index contributed by atoms with van der Waals surface area (Å²) in [6.45, 7) is 4.32. The number of nitrogens with zero attached hydrogens (tertiary/aromatic N) is 3. The van der Waals surface area contributed by atoms with Crippen LogP contribution in [0.15, 0.2) is 43.0 Å². The van der Waals surface area contributed by atoms with Gasteiger partial charge in [0.1, 0.15) is 0 Å². The number of pyridine rings is 1. The fraction of sp³-hybridized carbons (Fsp3) is 0.357. The number of rotatable bonds is 2. The fourth-order valence-corrected chi connectivity index (χ4v) is 2.34. The molecule has 0 unspecified atom stereocenters. The summed E-state index contributed by atoms with van der Waals surface area (Å²) >= 11 is 0. The zero-order chi connectivity index (χ0) is 12.2. The van der Waals surface area contributed by atoms with Gasteiger partial charge in [0.25, 0.3) is 0 Å². The third-order valence-electron chi connectivity index (χ3n) is 3.32. The number of hydrogen-bond donors (Lipinski definition) is 1. The number of aromatic nitrogens is 2. The topological polar surface area (TPSA) is 33.1 Å². The lowest BCUT2D eigenvalue weighted by Gasteiger charge is -2.22. The standard InChI is InChI=1S/C14H18N4/c1-2-7-17(6-1)13-10-14(12-16-11-13)18-8-3-4-15-5-9-18/h1-2,6-7,10-12,15H,3-5,8-9H2. The van der Waals surface area contributed by atoms with Gasteiger partial charge < -0.3 is 14.8 Å². The predicted octanol–water partition coefficient (Wildman–Crippen LogP) is 1.67. The zero-order valence-electron chi connectivity index (χ0n) is 10.4. The average molecular weight is 242 g/mol. The first kappa shape index (κ1) is 11.3. The first-order valence-corrected chi connectivity index (χ1v) is 6.47. The molecule has 0 saturated carbocycles. The maximum Gasteiger partial charge on any atom is 0.0654 e. The van der Waals surface area contributed by atoms with Gasteiger partial charge in [0.05, 0.1) is 23.8 Å². The van der Waals surface area contributed by atoms with Crippen LogP contribution in [0.2, 0.25) is 0 Å². The molecule has 1 aliphatic rings. The summed E-state index contributed by atoms with van der Waals surface area (Å²) in [5.41, 5.74) is 2.33. The van der Waals surface area contributed by atoms with Crippen molar-refractivity contribution in [1.82, 2.24) is 14.9 Å². The molecule has 4 nitrogen and oxygen atoms in total. The molecule has 18 heavy (non-hydrogen) atoms. The van der Waals surface area contributed by atoms with Gasteiger partial charge in [-0.05, 0) is 31.2 Å². The summed E-state index contributed by atoms with van der Waals surface area (Å²) in [6.07, 6.45) is 9.14. The Morgan fingerprint density at radius 1 is 1.00 bits per heavy atom. The molecule has 2 aromatic heterocycles. The van der Waals surface area contributed by atoms with E-state index < -0.39 is 0 Å². The minimum absolute atomic E-state index is 1.05. The van der Waals surface area contributed by atoms with Crippen LogP contribution in [0.25, 0.3) is 5.69 Å². The molecular weight excluding hydrogens is 224 g/mol. The summed E-state index contributed by atoms with van der Waals surface area (Å²) in [5, 5.41) is 3.42. The first-order valence-electron chi connectivity index (χ1n) is 6.47. The van der Waals surface area contributed by atoms with E-state index in [-0.39, 0.29) is 0 Å². The third kappa shape index (κ3) is 2.38. The van der Waals surface area contributed by atoms with Crippen molar-refractivity contribution in [3.63, 3.8) is 0 Å². The van der Waals surface area contributed by atoms with E-state index in [2.05, 4.69) is 25.8 Å². The van der Waals surface area contributed by atoms with Crippen LogP contribution in [-0.2, 0) is 0 Å². The number of anilines is 1. The first-order chi connectivity index (χ1) is 8.93. The van der Waals surface area contributed by atoms with E-state index in [1.54, 1.807) is 0 Å². The van der Waals surface area contributed by atoms with E-state index in [1.807, 2.05) is 36.9 Å². The Bertz CT molecular complexity index is 484. The van der Waals surface area contributed by atoms with Crippen LogP contribution in [0.4, 0.5) is 5.69 Å². The largest absolute Gasteiger partial charge is 0.369 e. The van der Waals surface area contributed by atoms with Crippen molar-refractivity contribution in [3.8, 4) is 5.69 Å². The molecule has 2 aromatic rings. The highest BCUT2D eigenvalue weighted by atomic mass is 15.2. The van der Waals surface area contributed by atoms with Gasteiger partial charge in [-0.3, -0.25) is 4.98 Å². The normalized spacial score (nSPS) is 16.6. The monoisotopic (exact) mass is 242 g/mol. The molecule has 94 valence electrons. The van der Waals surface area contributed by atoms with Gasteiger partial charge in [-0.1, -0.05) is 0 Å². The molecule has 0 aromatic carbocycles. The Balaban J connectivity index is 1.86. The number of nitrogens with one attached hydrogen (secondary N) is 1. The second-order valence-corrected chi connectivity index (χ2v) is 4.58. The molecule has 4 heteroatoms. The Morgan fingerprint density at radius 3 is 2.72 bits per heavy atom. The van der Waals surface area contributed by atoms with Gasteiger partial charge in [0.15, 0.2) is 0 Å². The van der Waals surface area contributed by atoms with Crippen molar-refractivity contribution in [3.05, 3.63) is 43.0 Å². The second kappa shape index (κ2) is 5.23. The SMILES string of the molecule is c1ccn(-c2cncc(N3CCCNCC3)c2)c1. The van der Waals surface area contributed by atoms with Crippen LogP contribution in [0.5, 0.6) is 0 Å². The van der Waals surface area contributed by atoms with Gasteiger partial charge in [0.2, 0.25) is 0 Å². The summed E-state index contributed by atoms with van der Waals surface area (Å²) in [6, 6.07) is 6.27. The smallest absolute Gasteiger partial charge is 0.0654 e. The maximum atomic E-state index is 4.36. The fourth-order valence-electron chi connectivity index (χ4n) is 2.34. The summed E-state index contributed by atoms with van der Waals surface area (Å²) in [4.78, 5) is 6.77. The summed E-state index contributed by atoms with van der Waals surface area (Å²) in [5.74, 6) is 0. The van der Waals surface area contributed by atoms with Gasteiger partial charge in [-0.2, -0.15) is 0 Å². The lowest BCUT2D eigenvalue weighted by Crippen LogP contribution is -2.27. The lowest BCUT2D eigenvalue weighted by atomic mass is 10.3. The minimum Gasteiger partial charge on any atom is -0.369 e. The second-order valence-electron chi connectivity index (χ2n) is 4.58. The molecule has 0 aliphatic carbocycles. The highest BCUT2D eigenvalue weighted by molar-refractivity contribution is 5.51. The molecule has 3 heterocycles. The Hall–Kier alpha value is -1.81. The molecule has 1 aliphatic heterocycles. The molecular formula is C14H18N4. The van der Waals surface area contributed by atoms with E-state index in [4.69, 9.17) is 0 Å². The van der Waals surface area contributed by atoms with Gasteiger partial charge in [0, 0.05) is 32.0 Å². The van der Waals surface area contributed by atoms with Crippen LogP contribution < -0.4 is 10.2 Å². The van der Waals surface area contributed by atoms with Crippen molar-refractivity contribution in [2.45, 2.75) is 6.42 Å². The van der Waals surface area contributed by atoms with E-state index in [1.165, 1.54) is 12.1 Å². The van der Waals surface area contributed by atoms with Crippen molar-refractivity contribution < 1.29 is 0 Å². The van der Waals surface area contributed by atoms with Crippen molar-refractivity contribution >= 4 is 5.69 Å². The predicted molar refractivity (Wildman–Crippen MR) is 73.3 cm³/mol. The van der Waals surface area contributed by atoms with Gasteiger partial charge in [-0.15, -0.1) is 0 Å². The van der Waals surface area contributed by atoms with Crippen molar-refractivity contribution in [2.24, 2.45) is 0 Å². The van der Waals surface area contributed by atoms with E-state index >= 15 is 0 Å². The highest BCUT2D eigenvalue weighted by Gasteiger charge is 2.10. The maximum absolute atomic E-state index is 4.36. The van der Waals surface area contributed by atoms with E-state index in [9.17, 15) is 0 Å². The average Bonchev–Trinajstić information content (AvgIpc) is 2.82. The van der Waals surface area contributed by atoms with Crippen LogP contribution >= 0.6 is 0 Å². The molecule has 0 spiro atoms. The van der Waals surface area contributed by atoms with Gasteiger partial charge in [-0.25, -0.2) is 0 Å². The molecule has 3 rings (SSSR count). The Labute approximate surface area is 107 Å². The third-order valence-corrected chi connectivity index (χ3v) is 3.32. The van der Waals surface area contributed by atoms with Crippen LogP contribution in [0.1, 0.15) is 6.42 Å². The molecule has 0 radical (unpaired) electrons. The molecule has 0 atom stereocenters. The molecule has 0 amide bonds. The van der Waals surface area contributed by atoms with Crippen molar-refractivity contribution in [1.29, 1.82) is 0 Å². The van der Waals surface area contributed by atoms with Crippen LogP contribution in [0, 0.1) is 0 Å². The van der Waals surface area contributed by atoms with Crippen LogP contribution in [0.3, 0.4) is 0 Å². The van der Waals surface area contributed by atoms with E-state index in [0.717, 1.165) is 31.9 Å². The molecule has 0 bridgehead atoms. The molecule has 1 saturated heterocycles. The number of hydrogen-bond acceptors (Lipinski definition) is 3. The molecule has 1 N–H and O–H groups in total. The van der Waals surface area contributed by atoms with Gasteiger partial charge >= 0.3 is 0 Å². The Morgan fingerprint density at radius 2 is 1.83 bits per heavy atom. The summed E-state index contributed by atoms with van der Waals surface area (Å²) in [7, 11) is 0. The quantitative estimate of drug-likeness (QED) is 0.869. The summed E-state index contributed by atoms with van der Waals surface area (Å²) < 4.78 is 2.09. The van der Waals surface area contributed by atoms with E-state index in [0.29, 0.717) is 0 Å². The van der Waals surface area contributed by atoms with Crippen molar-refractivity contribution in [2.75, 3.05) is 31.1 Å². The minimum atomic E-state index is 1.05.